The second-order valence-corrected chi connectivity index (χ2v) is 4.00. The van der Waals surface area contributed by atoms with Gasteiger partial charge in [0.2, 0.25) is 5.91 Å². The zero-order valence-electron chi connectivity index (χ0n) is 8.20. The summed E-state index contributed by atoms with van der Waals surface area (Å²) in [5.41, 5.74) is 6.13. The Hall–Kier alpha value is -1.58. The monoisotopic (exact) mass is 192 g/mol. The Bertz CT molecular complexity index is 395. The fourth-order valence-corrected chi connectivity index (χ4v) is 2.08. The molecule has 0 radical (unpaired) electrons. The number of carbonyl (C=O) groups is 2. The number of imide groups is 1. The van der Waals surface area contributed by atoms with Gasteiger partial charge < -0.3 is 5.73 Å². The molecule has 4 nitrogen and oxygen atoms in total. The Morgan fingerprint density at radius 1 is 1.43 bits per heavy atom. The van der Waals surface area contributed by atoms with E-state index >= 15 is 0 Å². The van der Waals surface area contributed by atoms with Gasteiger partial charge in [-0.05, 0) is 13.0 Å². The third kappa shape index (κ3) is 0.880. The maximum atomic E-state index is 11.8. The van der Waals surface area contributed by atoms with Crippen molar-refractivity contribution in [3.8, 4) is 0 Å². The summed E-state index contributed by atoms with van der Waals surface area (Å²) in [5, 5.41) is 0. The Balaban J connectivity index is 2.56. The van der Waals surface area contributed by atoms with Crippen LogP contribution in [0.5, 0.6) is 0 Å². The van der Waals surface area contributed by atoms with Gasteiger partial charge >= 0.3 is 0 Å². The van der Waals surface area contributed by atoms with Crippen molar-refractivity contribution in [2.45, 2.75) is 13.3 Å². The molecule has 1 fully saturated rings. The van der Waals surface area contributed by atoms with Gasteiger partial charge in [0.25, 0.3) is 5.91 Å². The number of allylic oxidation sites excluding steroid dienone is 3. The van der Waals surface area contributed by atoms with Gasteiger partial charge in [-0.25, -0.2) is 0 Å². The lowest BCUT2D eigenvalue weighted by Gasteiger charge is -2.24. The Labute approximate surface area is 82.1 Å². The second kappa shape index (κ2) is 2.47. The predicted octanol–water partition coefficient (Wildman–Crippen LogP) is 0.164. The quantitative estimate of drug-likeness (QED) is 0.556. The zero-order valence-corrected chi connectivity index (χ0v) is 8.20. The minimum absolute atomic E-state index is 0.162. The van der Waals surface area contributed by atoms with Gasteiger partial charge in [-0.15, -0.1) is 0 Å². The molecule has 0 aromatic rings. The maximum absolute atomic E-state index is 11.8. The lowest BCUT2D eigenvalue weighted by atomic mass is 9.77. The number of carbonyl (C=O) groups excluding carboxylic acids is 2. The molecule has 74 valence electrons. The molecular formula is C10H12N2O2. The minimum Gasteiger partial charge on any atom is -0.402 e. The molecular weight excluding hydrogens is 180 g/mol. The van der Waals surface area contributed by atoms with Gasteiger partial charge in [-0.1, -0.05) is 6.08 Å². The van der Waals surface area contributed by atoms with Crippen molar-refractivity contribution in [2.75, 3.05) is 7.05 Å². The highest BCUT2D eigenvalue weighted by Gasteiger charge is 2.51. The van der Waals surface area contributed by atoms with Crippen LogP contribution in [-0.2, 0) is 9.59 Å². The Kier molecular flexibility index (Phi) is 1.58. The predicted molar refractivity (Wildman–Crippen MR) is 50.9 cm³/mol. The first-order valence-corrected chi connectivity index (χ1v) is 4.46. The van der Waals surface area contributed by atoms with Crippen LogP contribution in [0.25, 0.3) is 0 Å². The number of fused-ring (bicyclic) bond motifs is 1. The average molecular weight is 192 g/mol. The first-order valence-electron chi connectivity index (χ1n) is 4.46. The fourth-order valence-electron chi connectivity index (χ4n) is 2.08. The van der Waals surface area contributed by atoms with Crippen molar-refractivity contribution in [2.24, 2.45) is 11.1 Å². The third-order valence-corrected chi connectivity index (χ3v) is 2.93. The van der Waals surface area contributed by atoms with Crippen LogP contribution in [0, 0.1) is 5.41 Å². The molecule has 0 saturated carbocycles. The highest BCUT2D eigenvalue weighted by molar-refractivity contribution is 6.17. The average Bonchev–Trinajstić information content (AvgIpc) is 2.28. The number of likely N-dealkylation sites (N-methyl/N-ethyl adjacent to an activating group) is 1. The van der Waals surface area contributed by atoms with Crippen LogP contribution in [0.1, 0.15) is 13.3 Å². The molecule has 1 unspecified atom stereocenters. The van der Waals surface area contributed by atoms with E-state index in [1.807, 2.05) is 0 Å². The number of hydrogen-bond acceptors (Lipinski definition) is 3. The van der Waals surface area contributed by atoms with E-state index in [1.54, 1.807) is 19.1 Å². The van der Waals surface area contributed by atoms with Gasteiger partial charge in [0.1, 0.15) is 0 Å². The lowest BCUT2D eigenvalue weighted by molar-refractivity contribution is -0.139. The summed E-state index contributed by atoms with van der Waals surface area (Å²) in [6.07, 6.45) is 3.79. The first-order chi connectivity index (χ1) is 6.47. The van der Waals surface area contributed by atoms with Gasteiger partial charge in [0, 0.05) is 24.7 Å². The molecule has 1 aliphatic heterocycles. The second-order valence-electron chi connectivity index (χ2n) is 4.00. The molecule has 2 aliphatic rings. The molecule has 1 aliphatic carbocycles. The molecule has 1 heterocycles. The number of likely N-dealkylation sites (tertiary alicyclic amines) is 1. The van der Waals surface area contributed by atoms with Gasteiger partial charge in [0.05, 0.1) is 5.41 Å². The number of rotatable bonds is 0. The number of nitrogens with zero attached hydrogens (tertiary/aromatic N) is 1. The largest absolute Gasteiger partial charge is 0.402 e. The van der Waals surface area contributed by atoms with Crippen molar-refractivity contribution in [3.05, 3.63) is 23.4 Å². The van der Waals surface area contributed by atoms with Crippen molar-refractivity contribution >= 4 is 11.8 Å². The zero-order chi connectivity index (χ0) is 10.5. The first kappa shape index (κ1) is 8.99. The summed E-state index contributed by atoms with van der Waals surface area (Å²) >= 11 is 0. The molecule has 14 heavy (non-hydrogen) atoms. The molecule has 0 bridgehead atoms. The summed E-state index contributed by atoms with van der Waals surface area (Å²) in [6.45, 7) is 1.77. The molecule has 2 rings (SSSR count). The SMILES string of the molecule is CN1C(=O)C2=CC=C(N)CC2(C)C1=O. The third-order valence-electron chi connectivity index (χ3n) is 2.93. The standard InChI is InChI=1S/C10H12N2O2/c1-10-5-6(11)3-4-7(10)8(13)12(2)9(10)14/h3-4H,5,11H2,1-2H3. The van der Waals surface area contributed by atoms with Gasteiger partial charge in [-0.2, -0.15) is 0 Å². The van der Waals surface area contributed by atoms with E-state index in [0.717, 1.165) is 4.90 Å². The van der Waals surface area contributed by atoms with E-state index in [9.17, 15) is 9.59 Å². The van der Waals surface area contributed by atoms with Gasteiger partial charge in [-0.3, -0.25) is 14.5 Å². The van der Waals surface area contributed by atoms with E-state index in [4.69, 9.17) is 5.73 Å². The minimum atomic E-state index is -0.731. The van der Waals surface area contributed by atoms with Crippen LogP contribution in [-0.4, -0.2) is 23.8 Å². The van der Waals surface area contributed by atoms with Crippen LogP contribution in [0.4, 0.5) is 0 Å². The number of hydrogen-bond donors (Lipinski definition) is 1. The summed E-state index contributed by atoms with van der Waals surface area (Å²) < 4.78 is 0. The summed E-state index contributed by atoms with van der Waals surface area (Å²) in [5.74, 6) is -0.369. The molecule has 0 aromatic heterocycles. The van der Waals surface area contributed by atoms with Crippen LogP contribution >= 0.6 is 0 Å². The van der Waals surface area contributed by atoms with E-state index in [0.29, 0.717) is 17.7 Å². The number of amides is 2. The molecule has 1 saturated heterocycles. The summed E-state index contributed by atoms with van der Waals surface area (Å²) in [4.78, 5) is 24.6. The van der Waals surface area contributed by atoms with E-state index in [1.165, 1.54) is 7.05 Å². The van der Waals surface area contributed by atoms with Crippen LogP contribution in [0.2, 0.25) is 0 Å². The Morgan fingerprint density at radius 2 is 2.07 bits per heavy atom. The summed E-state index contributed by atoms with van der Waals surface area (Å²) in [7, 11) is 1.51. The maximum Gasteiger partial charge on any atom is 0.257 e. The Morgan fingerprint density at radius 3 is 2.71 bits per heavy atom. The molecule has 4 heteroatoms. The highest BCUT2D eigenvalue weighted by Crippen LogP contribution is 2.43. The summed E-state index contributed by atoms with van der Waals surface area (Å²) in [6, 6.07) is 0. The van der Waals surface area contributed by atoms with Crippen molar-refractivity contribution < 1.29 is 9.59 Å². The van der Waals surface area contributed by atoms with E-state index in [2.05, 4.69) is 0 Å². The molecule has 2 N–H and O–H groups in total. The van der Waals surface area contributed by atoms with Crippen LogP contribution in [0.15, 0.2) is 23.4 Å². The molecule has 0 aromatic carbocycles. The van der Waals surface area contributed by atoms with Crippen molar-refractivity contribution in [1.29, 1.82) is 0 Å². The van der Waals surface area contributed by atoms with Crippen LogP contribution < -0.4 is 5.73 Å². The van der Waals surface area contributed by atoms with Crippen molar-refractivity contribution in [1.82, 2.24) is 4.90 Å². The van der Waals surface area contributed by atoms with E-state index < -0.39 is 5.41 Å². The lowest BCUT2D eigenvalue weighted by Crippen LogP contribution is -2.32. The molecule has 1 atom stereocenters. The topological polar surface area (TPSA) is 63.4 Å². The molecule has 2 amide bonds. The van der Waals surface area contributed by atoms with Crippen molar-refractivity contribution in [3.63, 3.8) is 0 Å². The van der Waals surface area contributed by atoms with Gasteiger partial charge in [0.15, 0.2) is 0 Å². The van der Waals surface area contributed by atoms with E-state index in [-0.39, 0.29) is 11.8 Å². The smallest absolute Gasteiger partial charge is 0.257 e. The molecule has 0 spiro atoms. The normalized spacial score (nSPS) is 31.4. The fraction of sp³-hybridized carbons (Fsp3) is 0.400. The highest BCUT2D eigenvalue weighted by atomic mass is 16.2. The van der Waals surface area contributed by atoms with Crippen LogP contribution in [0.3, 0.4) is 0 Å². The number of nitrogens with two attached hydrogens (primary N) is 1.